The molecule has 0 aliphatic heterocycles. The van der Waals surface area contributed by atoms with Crippen molar-refractivity contribution in [3.8, 4) is 0 Å². The molecule has 15 heavy (non-hydrogen) atoms. The van der Waals surface area contributed by atoms with Crippen molar-refractivity contribution in [2.75, 3.05) is 6.54 Å². The Morgan fingerprint density at radius 2 is 2.33 bits per heavy atom. The van der Waals surface area contributed by atoms with E-state index in [0.717, 1.165) is 10.0 Å². The van der Waals surface area contributed by atoms with Crippen LogP contribution in [-0.2, 0) is 11.2 Å². The van der Waals surface area contributed by atoms with Crippen molar-refractivity contribution < 1.29 is 4.79 Å². The van der Waals surface area contributed by atoms with Gasteiger partial charge in [-0.3, -0.25) is 4.79 Å². The van der Waals surface area contributed by atoms with Gasteiger partial charge >= 0.3 is 0 Å². The third-order valence-corrected chi connectivity index (χ3v) is 2.37. The molecule has 0 radical (unpaired) electrons. The van der Waals surface area contributed by atoms with Gasteiger partial charge in [-0.1, -0.05) is 28.1 Å². The second kappa shape index (κ2) is 5.88. The van der Waals surface area contributed by atoms with Crippen molar-refractivity contribution >= 4 is 21.8 Å². The zero-order valence-corrected chi connectivity index (χ0v) is 10.3. The smallest absolute Gasteiger partial charge is 0.224 e. The molecule has 0 aromatic heterocycles. The summed E-state index contributed by atoms with van der Waals surface area (Å²) >= 11 is 3.36. The standard InChI is InChI=1S/C11H15BrN2O/c1-8(13)7-14-11(15)6-9-3-2-4-10(12)5-9/h2-5,8H,6-7,13H2,1H3,(H,14,15). The number of nitrogens with two attached hydrogens (primary N) is 1. The van der Waals surface area contributed by atoms with E-state index in [0.29, 0.717) is 13.0 Å². The zero-order valence-electron chi connectivity index (χ0n) is 8.66. The number of carbonyl (C=O) groups is 1. The number of hydrogen-bond acceptors (Lipinski definition) is 2. The largest absolute Gasteiger partial charge is 0.354 e. The normalized spacial score (nSPS) is 12.2. The van der Waals surface area contributed by atoms with Gasteiger partial charge < -0.3 is 11.1 Å². The lowest BCUT2D eigenvalue weighted by molar-refractivity contribution is -0.120. The lowest BCUT2D eigenvalue weighted by atomic mass is 10.1. The van der Waals surface area contributed by atoms with Gasteiger partial charge in [0.15, 0.2) is 0 Å². The summed E-state index contributed by atoms with van der Waals surface area (Å²) in [6, 6.07) is 7.71. The zero-order chi connectivity index (χ0) is 11.3. The number of nitrogens with one attached hydrogen (secondary N) is 1. The third-order valence-electron chi connectivity index (χ3n) is 1.87. The van der Waals surface area contributed by atoms with Crippen LogP contribution in [0.2, 0.25) is 0 Å². The van der Waals surface area contributed by atoms with Gasteiger partial charge in [-0.05, 0) is 24.6 Å². The van der Waals surface area contributed by atoms with Crippen LogP contribution in [0.4, 0.5) is 0 Å². The molecule has 3 N–H and O–H groups in total. The summed E-state index contributed by atoms with van der Waals surface area (Å²) in [6.07, 6.45) is 0.395. The molecule has 0 saturated carbocycles. The molecule has 0 aliphatic rings. The van der Waals surface area contributed by atoms with Crippen molar-refractivity contribution in [2.45, 2.75) is 19.4 Å². The molecule has 3 nitrogen and oxygen atoms in total. The molecule has 1 atom stereocenters. The van der Waals surface area contributed by atoms with Crippen LogP contribution in [0, 0.1) is 0 Å². The van der Waals surface area contributed by atoms with Crippen LogP contribution in [0.1, 0.15) is 12.5 Å². The van der Waals surface area contributed by atoms with Crippen LogP contribution in [0.3, 0.4) is 0 Å². The summed E-state index contributed by atoms with van der Waals surface area (Å²) in [6.45, 7) is 2.38. The van der Waals surface area contributed by atoms with Gasteiger partial charge in [0.05, 0.1) is 6.42 Å². The molecule has 0 aliphatic carbocycles. The van der Waals surface area contributed by atoms with E-state index in [2.05, 4.69) is 21.2 Å². The highest BCUT2D eigenvalue weighted by atomic mass is 79.9. The van der Waals surface area contributed by atoms with E-state index >= 15 is 0 Å². The van der Waals surface area contributed by atoms with E-state index in [4.69, 9.17) is 5.73 Å². The average Bonchev–Trinajstić information content (AvgIpc) is 2.15. The van der Waals surface area contributed by atoms with Crippen LogP contribution in [-0.4, -0.2) is 18.5 Å². The Morgan fingerprint density at radius 3 is 2.93 bits per heavy atom. The van der Waals surface area contributed by atoms with Gasteiger partial charge in [0.25, 0.3) is 0 Å². The number of rotatable bonds is 4. The van der Waals surface area contributed by atoms with Crippen molar-refractivity contribution in [2.24, 2.45) is 5.73 Å². The maximum atomic E-state index is 11.4. The van der Waals surface area contributed by atoms with Gasteiger partial charge in [0, 0.05) is 17.1 Å². The van der Waals surface area contributed by atoms with Gasteiger partial charge in [-0.15, -0.1) is 0 Å². The van der Waals surface area contributed by atoms with Gasteiger partial charge in [-0.25, -0.2) is 0 Å². The minimum absolute atomic E-state index is 0.00328. The Bertz CT molecular complexity index is 339. The predicted molar refractivity (Wildman–Crippen MR) is 64.5 cm³/mol. The Labute approximate surface area is 98.2 Å². The van der Waals surface area contributed by atoms with Crippen LogP contribution >= 0.6 is 15.9 Å². The topological polar surface area (TPSA) is 55.1 Å². The SMILES string of the molecule is CC(N)CNC(=O)Cc1cccc(Br)c1. The van der Waals surface area contributed by atoms with E-state index in [1.54, 1.807) is 0 Å². The molecular weight excluding hydrogens is 256 g/mol. The first-order chi connectivity index (χ1) is 7.08. The maximum Gasteiger partial charge on any atom is 0.224 e. The number of amides is 1. The van der Waals surface area contributed by atoms with Crippen LogP contribution in [0.5, 0.6) is 0 Å². The lowest BCUT2D eigenvalue weighted by Crippen LogP contribution is -2.35. The highest BCUT2D eigenvalue weighted by Gasteiger charge is 2.03. The third kappa shape index (κ3) is 4.95. The minimum Gasteiger partial charge on any atom is -0.354 e. The monoisotopic (exact) mass is 270 g/mol. The number of benzene rings is 1. The Balaban J connectivity index is 2.44. The summed E-state index contributed by atoms with van der Waals surface area (Å²) in [5.74, 6) is 0.00500. The van der Waals surface area contributed by atoms with Crippen molar-refractivity contribution in [3.05, 3.63) is 34.3 Å². The summed E-state index contributed by atoms with van der Waals surface area (Å²) in [5, 5.41) is 2.77. The quantitative estimate of drug-likeness (QED) is 0.871. The first-order valence-electron chi connectivity index (χ1n) is 4.84. The summed E-state index contributed by atoms with van der Waals surface area (Å²) in [4.78, 5) is 11.4. The Hall–Kier alpha value is -0.870. The summed E-state index contributed by atoms with van der Waals surface area (Å²) in [5.41, 5.74) is 6.53. The first-order valence-corrected chi connectivity index (χ1v) is 5.64. The molecule has 0 bridgehead atoms. The molecule has 0 heterocycles. The molecule has 4 heteroatoms. The Kier molecular flexibility index (Phi) is 4.78. The lowest BCUT2D eigenvalue weighted by Gasteiger charge is -2.07. The maximum absolute atomic E-state index is 11.4. The average molecular weight is 271 g/mol. The van der Waals surface area contributed by atoms with Crippen LogP contribution in [0.25, 0.3) is 0 Å². The molecule has 82 valence electrons. The Morgan fingerprint density at radius 1 is 1.60 bits per heavy atom. The number of halogens is 1. The molecule has 0 fully saturated rings. The molecule has 1 rings (SSSR count). The second-order valence-electron chi connectivity index (χ2n) is 3.59. The molecule has 1 aromatic rings. The van der Waals surface area contributed by atoms with Gasteiger partial charge in [0.2, 0.25) is 5.91 Å². The minimum atomic E-state index is -0.00328. The molecule has 1 amide bonds. The molecule has 1 unspecified atom stereocenters. The van der Waals surface area contributed by atoms with E-state index in [1.807, 2.05) is 31.2 Å². The molecule has 1 aromatic carbocycles. The summed E-state index contributed by atoms with van der Waals surface area (Å²) in [7, 11) is 0. The summed E-state index contributed by atoms with van der Waals surface area (Å²) < 4.78 is 0.986. The fraction of sp³-hybridized carbons (Fsp3) is 0.364. The first kappa shape index (κ1) is 12.2. The van der Waals surface area contributed by atoms with E-state index in [1.165, 1.54) is 0 Å². The van der Waals surface area contributed by atoms with E-state index in [-0.39, 0.29) is 11.9 Å². The number of hydrogen-bond donors (Lipinski definition) is 2. The van der Waals surface area contributed by atoms with Crippen molar-refractivity contribution in [3.63, 3.8) is 0 Å². The van der Waals surface area contributed by atoms with Gasteiger partial charge in [-0.2, -0.15) is 0 Å². The second-order valence-corrected chi connectivity index (χ2v) is 4.50. The van der Waals surface area contributed by atoms with Crippen LogP contribution < -0.4 is 11.1 Å². The number of carbonyl (C=O) groups excluding carboxylic acids is 1. The predicted octanol–water partition coefficient (Wildman–Crippen LogP) is 1.46. The van der Waals surface area contributed by atoms with Crippen molar-refractivity contribution in [1.82, 2.24) is 5.32 Å². The highest BCUT2D eigenvalue weighted by molar-refractivity contribution is 9.10. The highest BCUT2D eigenvalue weighted by Crippen LogP contribution is 2.11. The van der Waals surface area contributed by atoms with E-state index < -0.39 is 0 Å². The fourth-order valence-corrected chi connectivity index (χ4v) is 1.62. The van der Waals surface area contributed by atoms with Crippen molar-refractivity contribution in [1.29, 1.82) is 0 Å². The fourth-order valence-electron chi connectivity index (χ4n) is 1.17. The molecule has 0 saturated heterocycles. The van der Waals surface area contributed by atoms with Gasteiger partial charge in [0.1, 0.15) is 0 Å². The van der Waals surface area contributed by atoms with Crippen LogP contribution in [0.15, 0.2) is 28.7 Å². The molecular formula is C11H15BrN2O. The van der Waals surface area contributed by atoms with E-state index in [9.17, 15) is 4.79 Å². The molecule has 0 spiro atoms.